The van der Waals surface area contributed by atoms with Gasteiger partial charge in [-0.1, -0.05) is 126 Å². The first-order valence-electron chi connectivity index (χ1n) is 11.7. The first kappa shape index (κ1) is 23.3. The Morgan fingerprint density at radius 1 is 0.833 bits per heavy atom. The van der Waals surface area contributed by atoms with E-state index in [0.29, 0.717) is 0 Å². The predicted octanol–water partition coefficient (Wildman–Crippen LogP) is 7.38. The highest BCUT2D eigenvalue weighted by Crippen LogP contribution is 2.42. The molecule has 0 aliphatic heterocycles. The van der Waals surface area contributed by atoms with Gasteiger partial charge in [-0.05, 0) is 46.1 Å². The van der Waals surface area contributed by atoms with E-state index in [-0.39, 0.29) is 5.41 Å². The minimum absolute atomic E-state index is 0.227. The fourth-order valence-corrected chi connectivity index (χ4v) is 6.89. The molecule has 0 unspecified atom stereocenters. The van der Waals surface area contributed by atoms with E-state index in [4.69, 9.17) is 0 Å². The lowest BCUT2D eigenvalue weighted by Crippen LogP contribution is -2.45. The average molecular weight is 435 g/mol. The minimum atomic E-state index is -1.41. The summed E-state index contributed by atoms with van der Waals surface area (Å²) in [7, 11) is -2.81. The van der Waals surface area contributed by atoms with Crippen LogP contribution in [0.15, 0.2) is 35.9 Å². The van der Waals surface area contributed by atoms with E-state index in [1.807, 2.05) is 0 Å². The second-order valence-corrected chi connectivity index (χ2v) is 22.5. The number of aryl methyl sites for hydroxylation is 1. The molecule has 162 valence electrons. The highest BCUT2D eigenvalue weighted by molar-refractivity contribution is 6.91. The Hall–Kier alpha value is -1.39. The lowest BCUT2D eigenvalue weighted by atomic mass is 9.85. The Kier molecular flexibility index (Phi) is 6.17. The lowest BCUT2D eigenvalue weighted by Gasteiger charge is -2.25. The summed E-state index contributed by atoms with van der Waals surface area (Å²) >= 11 is 0. The maximum atomic E-state index is 2.56. The van der Waals surface area contributed by atoms with Crippen molar-refractivity contribution < 1.29 is 0 Å². The molecule has 0 spiro atoms. The number of fused-ring (bicyclic) bond motifs is 1. The predicted molar refractivity (Wildman–Crippen MR) is 143 cm³/mol. The van der Waals surface area contributed by atoms with E-state index < -0.39 is 16.1 Å². The number of benzene rings is 2. The molecular formula is C28H42Si2. The Morgan fingerprint density at radius 3 is 1.87 bits per heavy atom. The minimum Gasteiger partial charge on any atom is -0.0656 e. The molecule has 0 radical (unpaired) electrons. The van der Waals surface area contributed by atoms with Crippen LogP contribution in [0.2, 0.25) is 39.3 Å². The Balaban J connectivity index is 2.33. The highest BCUT2D eigenvalue weighted by atomic mass is 28.3. The molecule has 0 saturated carbocycles. The zero-order valence-electron chi connectivity index (χ0n) is 21.1. The van der Waals surface area contributed by atoms with Gasteiger partial charge in [-0.3, -0.25) is 0 Å². The number of rotatable bonds is 5. The van der Waals surface area contributed by atoms with Gasteiger partial charge in [-0.2, -0.15) is 0 Å². The van der Waals surface area contributed by atoms with Gasteiger partial charge in [0.05, 0.1) is 16.1 Å². The molecule has 0 N–H and O–H groups in total. The first-order chi connectivity index (χ1) is 13.7. The summed E-state index contributed by atoms with van der Waals surface area (Å²) in [6, 6.07) is 12.5. The zero-order chi connectivity index (χ0) is 22.5. The Morgan fingerprint density at radius 2 is 1.40 bits per heavy atom. The summed E-state index contributed by atoms with van der Waals surface area (Å²) in [5.41, 5.74) is 9.33. The van der Waals surface area contributed by atoms with E-state index in [2.05, 4.69) is 103 Å². The molecule has 0 heterocycles. The van der Waals surface area contributed by atoms with E-state index in [9.17, 15) is 0 Å². The SMILES string of the molecule is CCCc1ccc2c(c1-c1cc([Si](C)(C)C)cc([Si](C)(C)C)c1)C=C(C(C)(C)C)C2. The van der Waals surface area contributed by atoms with E-state index in [1.165, 1.54) is 34.2 Å². The van der Waals surface area contributed by atoms with Crippen LogP contribution in [-0.4, -0.2) is 16.1 Å². The summed E-state index contributed by atoms with van der Waals surface area (Å²) in [6.45, 7) is 24.3. The summed E-state index contributed by atoms with van der Waals surface area (Å²) in [4.78, 5) is 0. The van der Waals surface area contributed by atoms with Crippen LogP contribution in [0, 0.1) is 5.41 Å². The molecule has 0 atom stereocenters. The van der Waals surface area contributed by atoms with Crippen LogP contribution in [0.1, 0.15) is 50.8 Å². The van der Waals surface area contributed by atoms with Crippen LogP contribution in [-0.2, 0) is 12.8 Å². The van der Waals surface area contributed by atoms with Crippen molar-refractivity contribution in [2.45, 2.75) is 86.2 Å². The van der Waals surface area contributed by atoms with Gasteiger partial charge in [0.15, 0.2) is 0 Å². The van der Waals surface area contributed by atoms with Crippen molar-refractivity contribution in [3.05, 3.63) is 52.6 Å². The first-order valence-corrected chi connectivity index (χ1v) is 18.7. The lowest BCUT2D eigenvalue weighted by molar-refractivity contribution is 0.498. The third-order valence-electron chi connectivity index (χ3n) is 6.56. The average Bonchev–Trinajstić information content (AvgIpc) is 3.04. The fraction of sp³-hybridized carbons (Fsp3) is 0.500. The summed E-state index contributed by atoms with van der Waals surface area (Å²) in [5.74, 6) is 0. The van der Waals surface area contributed by atoms with Gasteiger partial charge in [0.2, 0.25) is 0 Å². The molecule has 0 aromatic heterocycles. The molecule has 0 saturated heterocycles. The van der Waals surface area contributed by atoms with Crippen molar-refractivity contribution in [2.24, 2.45) is 5.41 Å². The number of hydrogen-bond donors (Lipinski definition) is 0. The van der Waals surface area contributed by atoms with Crippen LogP contribution in [0.25, 0.3) is 17.2 Å². The van der Waals surface area contributed by atoms with Gasteiger partial charge in [0, 0.05) is 0 Å². The molecule has 1 aliphatic carbocycles. The van der Waals surface area contributed by atoms with Gasteiger partial charge in [-0.15, -0.1) is 0 Å². The van der Waals surface area contributed by atoms with Crippen molar-refractivity contribution in [2.75, 3.05) is 0 Å². The largest absolute Gasteiger partial charge is 0.0776 e. The quantitative estimate of drug-likeness (QED) is 0.430. The summed E-state index contributed by atoms with van der Waals surface area (Å²) in [6.07, 6.45) is 5.98. The van der Waals surface area contributed by atoms with Crippen molar-refractivity contribution in [3.63, 3.8) is 0 Å². The molecule has 2 aromatic carbocycles. The highest BCUT2D eigenvalue weighted by Gasteiger charge is 2.28. The van der Waals surface area contributed by atoms with E-state index in [0.717, 1.165) is 12.8 Å². The molecule has 30 heavy (non-hydrogen) atoms. The number of hydrogen-bond acceptors (Lipinski definition) is 0. The second kappa shape index (κ2) is 7.95. The van der Waals surface area contributed by atoms with E-state index >= 15 is 0 Å². The number of allylic oxidation sites excluding steroid dienone is 1. The topological polar surface area (TPSA) is 0 Å². The normalized spacial score (nSPS) is 14.7. The van der Waals surface area contributed by atoms with E-state index in [1.54, 1.807) is 15.9 Å². The monoisotopic (exact) mass is 434 g/mol. The van der Waals surface area contributed by atoms with Crippen LogP contribution in [0.5, 0.6) is 0 Å². The Bertz CT molecular complexity index is 941. The standard InChI is InChI=1S/C28H42Si2/c1-11-12-20-13-14-21-15-23(28(2,3)4)18-26(21)27(20)22-16-24(29(5,6)7)19-25(17-22)30(8,9)10/h13-14,16-19H,11-12,15H2,1-10H3. The van der Waals surface area contributed by atoms with Crippen molar-refractivity contribution in [3.8, 4) is 11.1 Å². The van der Waals surface area contributed by atoms with Gasteiger partial charge in [0.1, 0.15) is 0 Å². The molecule has 3 rings (SSSR count). The van der Waals surface area contributed by atoms with Crippen LogP contribution < -0.4 is 10.4 Å². The van der Waals surface area contributed by atoms with Crippen LogP contribution in [0.4, 0.5) is 0 Å². The van der Waals surface area contributed by atoms with Gasteiger partial charge in [0.25, 0.3) is 0 Å². The molecule has 0 fully saturated rings. The van der Waals surface area contributed by atoms with Gasteiger partial charge >= 0.3 is 0 Å². The second-order valence-electron chi connectivity index (χ2n) is 12.3. The van der Waals surface area contributed by atoms with Crippen LogP contribution in [0.3, 0.4) is 0 Å². The maximum absolute atomic E-state index is 2.56. The van der Waals surface area contributed by atoms with Crippen molar-refractivity contribution >= 4 is 32.6 Å². The molecule has 0 nitrogen and oxygen atoms in total. The molecule has 2 aromatic rings. The summed E-state index contributed by atoms with van der Waals surface area (Å²) in [5, 5.41) is 3.21. The van der Waals surface area contributed by atoms with Crippen molar-refractivity contribution in [1.82, 2.24) is 0 Å². The molecular weight excluding hydrogens is 392 g/mol. The zero-order valence-corrected chi connectivity index (χ0v) is 23.1. The molecule has 2 heteroatoms. The summed E-state index contributed by atoms with van der Waals surface area (Å²) < 4.78 is 0. The smallest absolute Gasteiger partial charge is 0.0656 e. The molecule has 1 aliphatic rings. The molecule has 0 bridgehead atoms. The van der Waals surface area contributed by atoms with Crippen LogP contribution >= 0.6 is 0 Å². The van der Waals surface area contributed by atoms with Crippen molar-refractivity contribution in [1.29, 1.82) is 0 Å². The Labute approximate surface area is 187 Å². The fourth-order valence-electron chi connectivity index (χ4n) is 4.40. The van der Waals surface area contributed by atoms with Gasteiger partial charge in [-0.25, -0.2) is 0 Å². The maximum Gasteiger partial charge on any atom is 0.0776 e. The third-order valence-corrected chi connectivity index (χ3v) is 10.6. The molecule has 0 amide bonds. The van der Waals surface area contributed by atoms with Gasteiger partial charge < -0.3 is 0 Å². The third kappa shape index (κ3) is 4.75.